The molecule has 0 spiro atoms. The quantitative estimate of drug-likeness (QED) is 0.384. The zero-order valence-corrected chi connectivity index (χ0v) is 19.5. The van der Waals surface area contributed by atoms with E-state index >= 15 is 0 Å². The van der Waals surface area contributed by atoms with Gasteiger partial charge in [-0.2, -0.15) is 0 Å². The highest BCUT2D eigenvalue weighted by Crippen LogP contribution is 2.33. The third-order valence-corrected chi connectivity index (χ3v) is 6.67. The fourth-order valence-corrected chi connectivity index (χ4v) is 4.72. The van der Waals surface area contributed by atoms with E-state index in [1.807, 2.05) is 12.1 Å². The predicted molar refractivity (Wildman–Crippen MR) is 130 cm³/mol. The van der Waals surface area contributed by atoms with Crippen molar-refractivity contribution in [2.24, 2.45) is 0 Å². The van der Waals surface area contributed by atoms with Gasteiger partial charge in [0.25, 0.3) is 0 Å². The second-order valence-electron chi connectivity index (χ2n) is 9.04. The van der Waals surface area contributed by atoms with Crippen LogP contribution in [0.25, 0.3) is 11.1 Å². The largest absolute Gasteiger partial charge is 0.454 e. The number of aromatic nitrogens is 1. The fourth-order valence-electron chi connectivity index (χ4n) is 4.72. The lowest BCUT2D eigenvalue weighted by molar-refractivity contribution is 0.102. The van der Waals surface area contributed by atoms with E-state index in [1.165, 1.54) is 23.8 Å². The van der Waals surface area contributed by atoms with Gasteiger partial charge < -0.3 is 13.9 Å². The van der Waals surface area contributed by atoms with Gasteiger partial charge in [-0.25, -0.2) is 9.18 Å². The highest BCUT2D eigenvalue weighted by molar-refractivity contribution is 6.10. The summed E-state index contributed by atoms with van der Waals surface area (Å²) < 4.78 is 31.4. The van der Waals surface area contributed by atoms with Gasteiger partial charge in [-0.3, -0.25) is 19.2 Å². The van der Waals surface area contributed by atoms with Crippen molar-refractivity contribution in [3.05, 3.63) is 93.7 Å². The predicted octanol–water partition coefficient (Wildman–Crippen LogP) is 3.47. The number of carbonyl (C=O) groups is 1. The van der Waals surface area contributed by atoms with Crippen molar-refractivity contribution >= 4 is 16.9 Å². The summed E-state index contributed by atoms with van der Waals surface area (Å²) in [5.74, 6) is 0.300. The molecule has 0 saturated carbocycles. The number of ether oxygens (including phenoxy) is 2. The summed E-state index contributed by atoms with van der Waals surface area (Å²) in [5, 5.41) is 0. The summed E-state index contributed by atoms with van der Waals surface area (Å²) in [6, 6.07) is 16.5. The van der Waals surface area contributed by atoms with Crippen molar-refractivity contribution in [2.45, 2.75) is 13.2 Å². The van der Waals surface area contributed by atoms with E-state index in [-0.39, 0.29) is 18.1 Å². The maximum Gasteiger partial charge on any atom is 0.421 e. The van der Waals surface area contributed by atoms with Gasteiger partial charge in [0.15, 0.2) is 22.9 Å². The lowest BCUT2D eigenvalue weighted by Crippen LogP contribution is -2.47. The average Bonchev–Trinajstić information content (AvgIpc) is 3.48. The van der Waals surface area contributed by atoms with Gasteiger partial charge in [0.05, 0.1) is 12.2 Å². The van der Waals surface area contributed by atoms with E-state index in [0.29, 0.717) is 23.3 Å². The molecule has 2 aliphatic rings. The van der Waals surface area contributed by atoms with E-state index < -0.39 is 11.6 Å². The van der Waals surface area contributed by atoms with E-state index in [0.717, 1.165) is 44.2 Å². The Bertz CT molecular complexity index is 1500. The highest BCUT2D eigenvalue weighted by Gasteiger charge is 2.21. The van der Waals surface area contributed by atoms with Gasteiger partial charge in [0.1, 0.15) is 5.82 Å². The van der Waals surface area contributed by atoms with Crippen LogP contribution in [0.2, 0.25) is 0 Å². The van der Waals surface area contributed by atoms with Gasteiger partial charge >= 0.3 is 5.76 Å². The number of benzene rings is 3. The Morgan fingerprint density at radius 3 is 2.47 bits per heavy atom. The summed E-state index contributed by atoms with van der Waals surface area (Å²) in [7, 11) is 0. The minimum atomic E-state index is -0.476. The number of hydrogen-bond donors (Lipinski definition) is 0. The van der Waals surface area contributed by atoms with Crippen LogP contribution in [-0.2, 0) is 13.2 Å². The van der Waals surface area contributed by atoms with Crippen molar-refractivity contribution in [3.63, 3.8) is 0 Å². The molecule has 0 amide bonds. The normalized spacial score (nSPS) is 16.0. The lowest BCUT2D eigenvalue weighted by atomic mass is 10.0. The number of nitrogens with zero attached hydrogens (tertiary/aromatic N) is 3. The molecule has 0 N–H and O–H groups in total. The number of carbonyl (C=O) groups excluding carboxylic acids is 1. The molecule has 2 aliphatic heterocycles. The van der Waals surface area contributed by atoms with Gasteiger partial charge in [0, 0.05) is 43.9 Å². The Morgan fingerprint density at radius 1 is 0.861 bits per heavy atom. The summed E-state index contributed by atoms with van der Waals surface area (Å²) >= 11 is 0. The molecular weight excluding hydrogens is 465 g/mol. The van der Waals surface area contributed by atoms with Crippen molar-refractivity contribution in [1.82, 2.24) is 14.4 Å². The number of fused-ring (bicyclic) bond motifs is 2. The molecule has 36 heavy (non-hydrogen) atoms. The average molecular weight is 490 g/mol. The first kappa shape index (κ1) is 22.5. The molecule has 4 aromatic rings. The van der Waals surface area contributed by atoms with Gasteiger partial charge in [-0.1, -0.05) is 18.2 Å². The summed E-state index contributed by atoms with van der Waals surface area (Å²) in [5.41, 5.74) is 2.72. The van der Waals surface area contributed by atoms with Crippen LogP contribution < -0.4 is 15.2 Å². The number of halogens is 1. The summed E-state index contributed by atoms with van der Waals surface area (Å²) in [6.45, 7) is 4.84. The van der Waals surface area contributed by atoms with Crippen molar-refractivity contribution in [3.8, 4) is 11.5 Å². The Balaban J connectivity index is 1.12. The van der Waals surface area contributed by atoms with Crippen LogP contribution in [0.4, 0.5) is 4.39 Å². The molecule has 0 radical (unpaired) electrons. The SMILES string of the molecule is O=C(c1cccc(F)c1)c1ccc2c(c1)oc(=O)n2CN1CCN(Cc2ccc3c(c2)OCO3)CC1. The van der Waals surface area contributed by atoms with E-state index in [9.17, 15) is 14.0 Å². The molecule has 1 fully saturated rings. The van der Waals surface area contributed by atoms with Crippen LogP contribution in [0.1, 0.15) is 21.5 Å². The van der Waals surface area contributed by atoms with Crippen molar-refractivity contribution < 1.29 is 23.1 Å². The molecule has 1 aromatic heterocycles. The minimum absolute atomic E-state index is 0.245. The van der Waals surface area contributed by atoms with Crippen LogP contribution in [0, 0.1) is 5.82 Å². The molecule has 0 bridgehead atoms. The first-order chi connectivity index (χ1) is 17.5. The molecule has 9 heteroatoms. The topological polar surface area (TPSA) is 77.2 Å². The van der Waals surface area contributed by atoms with Gasteiger partial charge in [0.2, 0.25) is 6.79 Å². The number of oxazole rings is 1. The Kier molecular flexibility index (Phi) is 5.79. The number of hydrogen-bond acceptors (Lipinski definition) is 7. The second kappa shape index (κ2) is 9.25. The maximum absolute atomic E-state index is 13.5. The maximum atomic E-state index is 13.5. The first-order valence-electron chi connectivity index (χ1n) is 11.8. The number of rotatable bonds is 6. The zero-order valence-electron chi connectivity index (χ0n) is 19.5. The molecule has 0 atom stereocenters. The standard InChI is InChI=1S/C27H24FN3O5/c28-21-3-1-2-19(13-21)26(32)20-5-6-22-24(14-20)36-27(33)31(22)16-30-10-8-29(9-11-30)15-18-4-7-23-25(12-18)35-17-34-23/h1-7,12-14H,8-11,15-17H2. The van der Waals surface area contributed by atoms with Crippen LogP contribution >= 0.6 is 0 Å². The third-order valence-electron chi connectivity index (χ3n) is 6.67. The highest BCUT2D eigenvalue weighted by atomic mass is 19.1. The lowest BCUT2D eigenvalue weighted by Gasteiger charge is -2.34. The third kappa shape index (κ3) is 4.38. The molecule has 6 rings (SSSR count). The monoisotopic (exact) mass is 489 g/mol. The molecule has 184 valence electrons. The smallest absolute Gasteiger partial charge is 0.421 e. The fraction of sp³-hybridized carbons (Fsp3) is 0.259. The molecule has 3 heterocycles. The van der Waals surface area contributed by atoms with E-state index in [4.69, 9.17) is 13.9 Å². The Hall–Kier alpha value is -3.95. The minimum Gasteiger partial charge on any atom is -0.454 e. The molecule has 1 saturated heterocycles. The summed E-state index contributed by atoms with van der Waals surface area (Å²) in [4.78, 5) is 29.9. The Morgan fingerprint density at radius 2 is 1.64 bits per heavy atom. The van der Waals surface area contributed by atoms with Crippen molar-refractivity contribution in [2.75, 3.05) is 33.0 Å². The zero-order chi connectivity index (χ0) is 24.6. The second-order valence-corrected chi connectivity index (χ2v) is 9.04. The van der Waals surface area contributed by atoms with E-state index in [2.05, 4.69) is 15.9 Å². The molecule has 3 aromatic carbocycles. The number of piperazine rings is 1. The molecular formula is C27H24FN3O5. The van der Waals surface area contributed by atoms with Crippen LogP contribution in [-0.4, -0.2) is 53.1 Å². The van der Waals surface area contributed by atoms with Crippen LogP contribution in [0.5, 0.6) is 11.5 Å². The van der Waals surface area contributed by atoms with E-state index in [1.54, 1.807) is 28.8 Å². The van der Waals surface area contributed by atoms with Crippen LogP contribution in [0.3, 0.4) is 0 Å². The molecule has 8 nitrogen and oxygen atoms in total. The summed E-state index contributed by atoms with van der Waals surface area (Å²) in [6.07, 6.45) is 0. The molecule has 0 aliphatic carbocycles. The Labute approximate surface area is 206 Å². The molecule has 0 unspecified atom stereocenters. The van der Waals surface area contributed by atoms with Crippen molar-refractivity contribution in [1.29, 1.82) is 0 Å². The number of ketones is 1. The van der Waals surface area contributed by atoms with Gasteiger partial charge in [-0.15, -0.1) is 0 Å². The van der Waals surface area contributed by atoms with Crippen LogP contribution in [0.15, 0.2) is 69.9 Å². The first-order valence-corrected chi connectivity index (χ1v) is 11.8. The van der Waals surface area contributed by atoms with Gasteiger partial charge in [-0.05, 0) is 48.0 Å².